The molecule has 1 aromatic rings. The summed E-state index contributed by atoms with van der Waals surface area (Å²) in [5, 5.41) is 10.8. The van der Waals surface area contributed by atoms with E-state index in [-0.39, 0.29) is 0 Å². The Hall–Kier alpha value is -0.570. The number of hydrogen-bond acceptors (Lipinski definition) is 2. The quantitative estimate of drug-likeness (QED) is 0.860. The highest BCUT2D eigenvalue weighted by Crippen LogP contribution is 2.22. The number of rotatable bonds is 5. The Balaban J connectivity index is 2.71. The molecule has 0 aliphatic heterocycles. The summed E-state index contributed by atoms with van der Waals surface area (Å²) < 4.78 is 5.51. The SMILES string of the molecule is CCOC(C)(C)C(O)Cc1ccccc1Cl. The van der Waals surface area contributed by atoms with Crippen LogP contribution >= 0.6 is 11.6 Å². The van der Waals surface area contributed by atoms with Gasteiger partial charge in [0.2, 0.25) is 0 Å². The molecule has 0 aliphatic rings. The van der Waals surface area contributed by atoms with Gasteiger partial charge in [-0.3, -0.25) is 0 Å². The van der Waals surface area contributed by atoms with E-state index in [1.54, 1.807) is 0 Å². The van der Waals surface area contributed by atoms with Crippen LogP contribution < -0.4 is 0 Å². The molecule has 2 nitrogen and oxygen atoms in total. The molecule has 1 unspecified atom stereocenters. The summed E-state index contributed by atoms with van der Waals surface area (Å²) in [4.78, 5) is 0. The van der Waals surface area contributed by atoms with E-state index in [0.717, 1.165) is 5.56 Å². The molecule has 0 aliphatic carbocycles. The summed E-state index contributed by atoms with van der Waals surface area (Å²) >= 11 is 6.04. The van der Waals surface area contributed by atoms with Gasteiger partial charge in [0.1, 0.15) is 0 Å². The van der Waals surface area contributed by atoms with E-state index in [0.29, 0.717) is 18.1 Å². The van der Waals surface area contributed by atoms with Gasteiger partial charge in [0.25, 0.3) is 0 Å². The van der Waals surface area contributed by atoms with Crippen molar-refractivity contribution in [2.24, 2.45) is 0 Å². The van der Waals surface area contributed by atoms with Gasteiger partial charge in [0.05, 0.1) is 11.7 Å². The zero-order valence-electron chi connectivity index (χ0n) is 10.0. The summed E-state index contributed by atoms with van der Waals surface area (Å²) in [5.41, 5.74) is 0.401. The third-order valence-corrected chi connectivity index (χ3v) is 3.06. The smallest absolute Gasteiger partial charge is 0.0887 e. The largest absolute Gasteiger partial charge is 0.390 e. The molecule has 0 spiro atoms. The molecule has 0 bridgehead atoms. The molecule has 1 aromatic carbocycles. The highest BCUT2D eigenvalue weighted by atomic mass is 35.5. The van der Waals surface area contributed by atoms with E-state index in [1.165, 1.54) is 0 Å². The molecule has 16 heavy (non-hydrogen) atoms. The van der Waals surface area contributed by atoms with Crippen molar-refractivity contribution in [3.63, 3.8) is 0 Å². The fourth-order valence-corrected chi connectivity index (χ4v) is 1.80. The average molecular weight is 243 g/mol. The Morgan fingerprint density at radius 1 is 1.38 bits per heavy atom. The molecule has 90 valence electrons. The Bertz CT molecular complexity index is 336. The van der Waals surface area contributed by atoms with Gasteiger partial charge in [-0.05, 0) is 32.4 Å². The molecule has 0 saturated carbocycles. The Labute approximate surface area is 102 Å². The van der Waals surface area contributed by atoms with Crippen molar-refractivity contribution in [2.75, 3.05) is 6.61 Å². The van der Waals surface area contributed by atoms with Crippen LogP contribution in [0.25, 0.3) is 0 Å². The standard InChI is InChI=1S/C13H19ClO2/c1-4-16-13(2,3)12(15)9-10-7-5-6-8-11(10)14/h5-8,12,15H,4,9H2,1-3H3. The van der Waals surface area contributed by atoms with Gasteiger partial charge in [-0.25, -0.2) is 0 Å². The van der Waals surface area contributed by atoms with Crippen molar-refractivity contribution in [3.8, 4) is 0 Å². The molecule has 0 radical (unpaired) electrons. The zero-order valence-corrected chi connectivity index (χ0v) is 10.8. The normalized spacial score (nSPS) is 13.8. The first-order chi connectivity index (χ1) is 7.47. The highest BCUT2D eigenvalue weighted by molar-refractivity contribution is 6.31. The predicted octanol–water partition coefficient (Wildman–Crippen LogP) is 3.06. The van der Waals surface area contributed by atoms with E-state index in [9.17, 15) is 5.11 Å². The fourth-order valence-electron chi connectivity index (χ4n) is 1.59. The summed E-state index contributed by atoms with van der Waals surface area (Å²) in [6.45, 7) is 6.28. The van der Waals surface area contributed by atoms with E-state index in [2.05, 4.69) is 0 Å². The molecule has 0 fully saturated rings. The molecule has 0 saturated heterocycles. The lowest BCUT2D eigenvalue weighted by atomic mass is 9.95. The van der Waals surface area contributed by atoms with Crippen LogP contribution in [-0.4, -0.2) is 23.4 Å². The number of benzene rings is 1. The van der Waals surface area contributed by atoms with Crippen LogP contribution in [0.4, 0.5) is 0 Å². The molecular weight excluding hydrogens is 224 g/mol. The molecular formula is C13H19ClO2. The van der Waals surface area contributed by atoms with Crippen molar-refractivity contribution < 1.29 is 9.84 Å². The summed E-state index contributed by atoms with van der Waals surface area (Å²) in [5.74, 6) is 0. The first-order valence-electron chi connectivity index (χ1n) is 5.52. The van der Waals surface area contributed by atoms with Crippen molar-refractivity contribution in [1.29, 1.82) is 0 Å². The molecule has 0 aromatic heterocycles. The second-order valence-corrected chi connectivity index (χ2v) is 4.75. The second kappa shape index (κ2) is 5.67. The van der Waals surface area contributed by atoms with Crippen molar-refractivity contribution >= 4 is 11.6 Å². The van der Waals surface area contributed by atoms with Crippen LogP contribution in [0.3, 0.4) is 0 Å². The maximum Gasteiger partial charge on any atom is 0.0887 e. The molecule has 0 heterocycles. The van der Waals surface area contributed by atoms with Crippen LogP contribution in [0.5, 0.6) is 0 Å². The van der Waals surface area contributed by atoms with E-state index >= 15 is 0 Å². The molecule has 0 amide bonds. The van der Waals surface area contributed by atoms with Gasteiger partial charge in [0, 0.05) is 18.1 Å². The van der Waals surface area contributed by atoms with Crippen LogP contribution in [0, 0.1) is 0 Å². The Morgan fingerprint density at radius 2 is 2.00 bits per heavy atom. The molecule has 1 rings (SSSR count). The topological polar surface area (TPSA) is 29.5 Å². The van der Waals surface area contributed by atoms with Gasteiger partial charge in [-0.2, -0.15) is 0 Å². The van der Waals surface area contributed by atoms with Crippen molar-refractivity contribution in [3.05, 3.63) is 34.9 Å². The van der Waals surface area contributed by atoms with Crippen LogP contribution in [0.1, 0.15) is 26.3 Å². The van der Waals surface area contributed by atoms with Gasteiger partial charge in [-0.1, -0.05) is 29.8 Å². The van der Waals surface area contributed by atoms with Crippen molar-refractivity contribution in [1.82, 2.24) is 0 Å². The van der Waals surface area contributed by atoms with Crippen LogP contribution in [0.15, 0.2) is 24.3 Å². The van der Waals surface area contributed by atoms with Gasteiger partial charge in [-0.15, -0.1) is 0 Å². The number of aliphatic hydroxyl groups is 1. The second-order valence-electron chi connectivity index (χ2n) is 4.35. The van der Waals surface area contributed by atoms with E-state index < -0.39 is 11.7 Å². The minimum absolute atomic E-state index is 0.507. The molecule has 1 N–H and O–H groups in total. The maximum atomic E-state index is 10.1. The number of halogens is 1. The van der Waals surface area contributed by atoms with E-state index in [1.807, 2.05) is 45.0 Å². The molecule has 1 atom stereocenters. The van der Waals surface area contributed by atoms with Crippen LogP contribution in [-0.2, 0) is 11.2 Å². The summed E-state index contributed by atoms with van der Waals surface area (Å²) in [6.07, 6.45) is -0.0560. The third-order valence-electron chi connectivity index (χ3n) is 2.69. The van der Waals surface area contributed by atoms with E-state index in [4.69, 9.17) is 16.3 Å². The zero-order chi connectivity index (χ0) is 12.2. The lowest BCUT2D eigenvalue weighted by molar-refractivity contribution is -0.0955. The lowest BCUT2D eigenvalue weighted by Gasteiger charge is -2.30. The maximum absolute atomic E-state index is 10.1. The van der Waals surface area contributed by atoms with Crippen LogP contribution in [0.2, 0.25) is 5.02 Å². The lowest BCUT2D eigenvalue weighted by Crippen LogP contribution is -2.40. The minimum Gasteiger partial charge on any atom is -0.390 e. The predicted molar refractivity (Wildman–Crippen MR) is 66.9 cm³/mol. The Morgan fingerprint density at radius 3 is 2.56 bits per heavy atom. The number of aliphatic hydroxyl groups excluding tert-OH is 1. The van der Waals surface area contributed by atoms with Gasteiger partial charge in [0.15, 0.2) is 0 Å². The summed E-state index contributed by atoms with van der Waals surface area (Å²) in [7, 11) is 0. The number of ether oxygens (including phenoxy) is 1. The van der Waals surface area contributed by atoms with Gasteiger partial charge < -0.3 is 9.84 Å². The first kappa shape index (κ1) is 13.5. The average Bonchev–Trinajstić information content (AvgIpc) is 2.21. The minimum atomic E-state index is -0.563. The summed E-state index contributed by atoms with van der Waals surface area (Å²) in [6, 6.07) is 7.55. The highest BCUT2D eigenvalue weighted by Gasteiger charge is 2.28. The first-order valence-corrected chi connectivity index (χ1v) is 5.90. The monoisotopic (exact) mass is 242 g/mol. The van der Waals surface area contributed by atoms with Gasteiger partial charge >= 0.3 is 0 Å². The Kier molecular flexibility index (Phi) is 4.78. The fraction of sp³-hybridized carbons (Fsp3) is 0.538. The third kappa shape index (κ3) is 3.48. The number of hydrogen-bond donors (Lipinski definition) is 1. The molecule has 3 heteroatoms. The van der Waals surface area contributed by atoms with Crippen molar-refractivity contribution in [2.45, 2.75) is 38.9 Å².